The molecular weight excluding hydrogens is 333 g/mol. The molecule has 0 spiro atoms. The molecule has 0 aliphatic carbocycles. The van der Waals surface area contributed by atoms with Crippen LogP contribution in [0, 0.1) is 0 Å². The number of nitrogens with one attached hydrogen (secondary N) is 1. The zero-order valence-electron chi connectivity index (χ0n) is 12.7. The molecule has 0 saturated carbocycles. The molecule has 1 heterocycles. The lowest BCUT2D eigenvalue weighted by Gasteiger charge is -2.35. The number of alkyl halides is 3. The first-order chi connectivity index (χ1) is 10.5. The highest BCUT2D eigenvalue weighted by molar-refractivity contribution is 5.85. The molecule has 1 aliphatic heterocycles. The molecule has 1 aromatic carbocycles. The normalized spacial score (nSPS) is 17.4. The van der Waals surface area contributed by atoms with Gasteiger partial charge < -0.3 is 15.2 Å². The van der Waals surface area contributed by atoms with Gasteiger partial charge >= 0.3 is 6.36 Å². The van der Waals surface area contributed by atoms with Crippen LogP contribution in [0.3, 0.4) is 0 Å². The molecule has 4 nitrogen and oxygen atoms in total. The first-order valence-electron chi connectivity index (χ1n) is 7.41. The Hall–Kier alpha value is -1.02. The second kappa shape index (κ2) is 9.32. The van der Waals surface area contributed by atoms with E-state index in [9.17, 15) is 13.2 Å². The van der Waals surface area contributed by atoms with Crippen LogP contribution in [0.15, 0.2) is 24.3 Å². The van der Waals surface area contributed by atoms with Crippen molar-refractivity contribution in [1.29, 1.82) is 0 Å². The highest BCUT2D eigenvalue weighted by atomic mass is 35.5. The van der Waals surface area contributed by atoms with Crippen molar-refractivity contribution < 1.29 is 23.0 Å². The Balaban J connectivity index is 0.00000264. The summed E-state index contributed by atoms with van der Waals surface area (Å²) in [6.07, 6.45) is -3.38. The maximum atomic E-state index is 12.4. The number of hydrogen-bond acceptors (Lipinski definition) is 4. The van der Waals surface area contributed by atoms with Crippen molar-refractivity contribution in [2.45, 2.75) is 25.2 Å². The molecule has 1 fully saturated rings. The minimum absolute atomic E-state index is 0. The van der Waals surface area contributed by atoms with Gasteiger partial charge in [0.15, 0.2) is 0 Å². The Bertz CT molecular complexity index is 468. The quantitative estimate of drug-likeness (QED) is 0.824. The second-order valence-corrected chi connectivity index (χ2v) is 5.29. The van der Waals surface area contributed by atoms with Crippen LogP contribution in [-0.4, -0.2) is 49.2 Å². The van der Waals surface area contributed by atoms with E-state index in [0.29, 0.717) is 12.8 Å². The highest BCUT2D eigenvalue weighted by Gasteiger charge is 2.31. The van der Waals surface area contributed by atoms with Gasteiger partial charge in [0.25, 0.3) is 0 Å². The van der Waals surface area contributed by atoms with Crippen LogP contribution in [0.4, 0.5) is 13.2 Å². The zero-order chi connectivity index (χ0) is 16.0. The lowest BCUT2D eigenvalue weighted by Crippen LogP contribution is -2.45. The van der Waals surface area contributed by atoms with Crippen LogP contribution in [0.25, 0.3) is 0 Å². The topological polar surface area (TPSA) is 44.7 Å². The summed E-state index contributed by atoms with van der Waals surface area (Å²) >= 11 is 0. The average molecular weight is 355 g/mol. The third-order valence-electron chi connectivity index (χ3n) is 3.70. The largest absolute Gasteiger partial charge is 0.573 e. The van der Waals surface area contributed by atoms with Crippen LogP contribution in [-0.2, 0) is 0 Å². The van der Waals surface area contributed by atoms with E-state index in [2.05, 4.69) is 15.0 Å². The predicted octanol–water partition coefficient (Wildman–Crippen LogP) is 2.73. The summed E-state index contributed by atoms with van der Waals surface area (Å²) in [5.74, 6) is -0.200. The number of benzene rings is 1. The van der Waals surface area contributed by atoms with Crippen LogP contribution < -0.4 is 10.1 Å². The number of aliphatic hydroxyl groups is 1. The van der Waals surface area contributed by atoms with Crippen molar-refractivity contribution in [1.82, 2.24) is 10.2 Å². The molecule has 1 aromatic rings. The van der Waals surface area contributed by atoms with Crippen molar-refractivity contribution in [3.8, 4) is 5.75 Å². The van der Waals surface area contributed by atoms with E-state index in [-0.39, 0.29) is 30.8 Å². The molecule has 0 bridgehead atoms. The smallest absolute Gasteiger partial charge is 0.406 e. The number of aliphatic hydroxyl groups excluding tert-OH is 1. The first kappa shape index (κ1) is 20.0. The fraction of sp³-hybridized carbons (Fsp3) is 0.600. The molecule has 0 unspecified atom stereocenters. The van der Waals surface area contributed by atoms with E-state index in [1.165, 1.54) is 12.1 Å². The molecule has 0 aromatic heterocycles. The molecule has 23 heavy (non-hydrogen) atoms. The molecule has 2 rings (SSSR count). The van der Waals surface area contributed by atoms with Gasteiger partial charge in [0, 0.05) is 38.8 Å². The Labute approximate surface area is 140 Å². The summed E-state index contributed by atoms with van der Waals surface area (Å²) in [6.45, 7) is 3.45. The molecule has 8 heteroatoms. The van der Waals surface area contributed by atoms with E-state index in [0.717, 1.165) is 31.7 Å². The van der Waals surface area contributed by atoms with E-state index in [1.807, 2.05) is 6.07 Å². The number of ether oxygens (including phenoxy) is 1. The minimum atomic E-state index is -4.69. The van der Waals surface area contributed by atoms with Gasteiger partial charge in [-0.3, -0.25) is 4.90 Å². The van der Waals surface area contributed by atoms with Crippen molar-refractivity contribution in [3.05, 3.63) is 29.8 Å². The summed E-state index contributed by atoms with van der Waals surface area (Å²) < 4.78 is 41.1. The first-order valence-corrected chi connectivity index (χ1v) is 7.41. The third kappa shape index (κ3) is 6.55. The van der Waals surface area contributed by atoms with Crippen molar-refractivity contribution >= 4 is 12.4 Å². The van der Waals surface area contributed by atoms with Gasteiger partial charge in [-0.1, -0.05) is 12.1 Å². The van der Waals surface area contributed by atoms with Gasteiger partial charge in [0.1, 0.15) is 5.75 Å². The monoisotopic (exact) mass is 354 g/mol. The summed E-state index contributed by atoms with van der Waals surface area (Å²) in [7, 11) is 0. The van der Waals surface area contributed by atoms with Crippen molar-refractivity contribution in [2.24, 2.45) is 0 Å². The summed E-state index contributed by atoms with van der Waals surface area (Å²) in [4.78, 5) is 2.23. The van der Waals surface area contributed by atoms with E-state index < -0.39 is 6.36 Å². The number of rotatable bonds is 6. The molecule has 0 radical (unpaired) electrons. The molecule has 1 aliphatic rings. The maximum absolute atomic E-state index is 12.4. The van der Waals surface area contributed by atoms with Gasteiger partial charge in [-0.05, 0) is 30.5 Å². The fourth-order valence-electron chi connectivity index (χ4n) is 2.76. The molecule has 132 valence electrons. The second-order valence-electron chi connectivity index (χ2n) is 5.29. The number of halogens is 4. The average Bonchev–Trinajstić information content (AvgIpc) is 2.47. The molecule has 2 N–H and O–H groups in total. The lowest BCUT2D eigenvalue weighted by atomic mass is 9.99. The van der Waals surface area contributed by atoms with Crippen molar-refractivity contribution in [2.75, 3.05) is 32.8 Å². The van der Waals surface area contributed by atoms with Gasteiger partial charge in [-0.15, -0.1) is 25.6 Å². The van der Waals surface area contributed by atoms with Crippen LogP contribution >= 0.6 is 12.4 Å². The lowest BCUT2D eigenvalue weighted by molar-refractivity contribution is -0.274. The van der Waals surface area contributed by atoms with E-state index in [1.54, 1.807) is 6.07 Å². The summed E-state index contributed by atoms with van der Waals surface area (Å²) in [6, 6.07) is 6.12. The molecule has 1 saturated heterocycles. The number of piperazine rings is 1. The Morgan fingerprint density at radius 1 is 1.26 bits per heavy atom. The standard InChI is InChI=1S/C15H21F3N2O2.ClH/c16-15(17,18)22-13-4-1-3-12(11-13)14(5-2-10-21)20-8-6-19-7-9-20;/h1,3-4,11,14,19,21H,2,5-10H2;1H/t14-;/m1./s1. The number of nitrogens with zero attached hydrogens (tertiary/aromatic N) is 1. The zero-order valence-corrected chi connectivity index (χ0v) is 13.5. The van der Waals surface area contributed by atoms with Gasteiger partial charge in [-0.25, -0.2) is 0 Å². The third-order valence-corrected chi connectivity index (χ3v) is 3.70. The Morgan fingerprint density at radius 2 is 1.96 bits per heavy atom. The summed E-state index contributed by atoms with van der Waals surface area (Å²) in [5, 5.41) is 12.3. The van der Waals surface area contributed by atoms with Gasteiger partial charge in [-0.2, -0.15) is 0 Å². The molecular formula is C15H22ClF3N2O2. The fourth-order valence-corrected chi connectivity index (χ4v) is 2.76. The SMILES string of the molecule is Cl.OCCC[C@H](c1cccc(OC(F)(F)F)c1)N1CCNCC1. The van der Waals surface area contributed by atoms with Crippen LogP contribution in [0.5, 0.6) is 5.75 Å². The summed E-state index contributed by atoms with van der Waals surface area (Å²) in [5.41, 5.74) is 0.789. The van der Waals surface area contributed by atoms with Crippen LogP contribution in [0.1, 0.15) is 24.4 Å². The van der Waals surface area contributed by atoms with Gasteiger partial charge in [0.2, 0.25) is 0 Å². The Kier molecular flexibility index (Phi) is 8.11. The minimum Gasteiger partial charge on any atom is -0.406 e. The van der Waals surface area contributed by atoms with Crippen LogP contribution in [0.2, 0.25) is 0 Å². The Morgan fingerprint density at radius 3 is 2.57 bits per heavy atom. The van der Waals surface area contributed by atoms with E-state index in [4.69, 9.17) is 5.11 Å². The highest BCUT2D eigenvalue weighted by Crippen LogP contribution is 2.30. The van der Waals surface area contributed by atoms with Gasteiger partial charge in [0.05, 0.1) is 0 Å². The molecule has 0 amide bonds. The maximum Gasteiger partial charge on any atom is 0.573 e. The molecule has 1 atom stereocenters. The predicted molar refractivity (Wildman–Crippen MR) is 83.9 cm³/mol. The van der Waals surface area contributed by atoms with Crippen molar-refractivity contribution in [3.63, 3.8) is 0 Å². The number of hydrogen-bond donors (Lipinski definition) is 2. The van der Waals surface area contributed by atoms with E-state index >= 15 is 0 Å².